The lowest BCUT2D eigenvalue weighted by Gasteiger charge is -1.47. The Morgan fingerprint density at radius 3 is 2.17 bits per heavy atom. The summed E-state index contributed by atoms with van der Waals surface area (Å²) in [7, 11) is 0. The van der Waals surface area contributed by atoms with Gasteiger partial charge in [0, 0.05) is 22.6 Å². The van der Waals surface area contributed by atoms with Gasteiger partial charge >= 0.3 is 0 Å². The zero-order chi connectivity index (χ0) is 4.83. The highest BCUT2D eigenvalue weighted by Crippen LogP contribution is 1.66. The summed E-state index contributed by atoms with van der Waals surface area (Å²) < 4.78 is 2.62. The van der Waals surface area contributed by atoms with Crippen LogP contribution in [0.4, 0.5) is 0 Å². The van der Waals surface area contributed by atoms with Crippen molar-refractivity contribution in [3.05, 3.63) is 0 Å². The van der Waals surface area contributed by atoms with Crippen LogP contribution in [0.2, 0.25) is 0 Å². The first-order valence-electron chi connectivity index (χ1n) is 1.44. The minimum Gasteiger partial charge on any atom is -0.0925 e. The molecule has 6 heavy (non-hydrogen) atoms. The van der Waals surface area contributed by atoms with Crippen molar-refractivity contribution in [2.75, 3.05) is 0 Å². The lowest BCUT2D eigenvalue weighted by atomic mass is 10.6. The summed E-state index contributed by atoms with van der Waals surface area (Å²) in [5.41, 5.74) is 0. The predicted octanol–water partition coefficient (Wildman–Crippen LogP) is 1.41. The van der Waals surface area contributed by atoms with Gasteiger partial charge < -0.3 is 0 Å². The van der Waals surface area contributed by atoms with Crippen LogP contribution in [-0.2, 0) is 0 Å². The predicted molar refractivity (Wildman–Crippen MR) is 35.2 cm³/mol. The molecule has 0 spiro atoms. The number of rotatable bonds is 0. The molecule has 0 aromatic heterocycles. The molecule has 0 aliphatic carbocycles. The summed E-state index contributed by atoms with van der Waals surface area (Å²) in [6, 6.07) is 0. The molecule has 0 unspecified atom stereocenters. The Labute approximate surface area is 51.5 Å². The monoisotopic (exact) mass is 190 g/mol. The second-order valence-corrected chi connectivity index (χ2v) is 1.13. The Morgan fingerprint density at radius 1 is 1.33 bits per heavy atom. The minimum atomic E-state index is 1.76. The average Bonchev–Trinajstić information content (AvgIpc) is 1.61. The normalized spacial score (nSPS) is 3.67. The van der Waals surface area contributed by atoms with Crippen LogP contribution < -0.4 is 0 Å². The summed E-state index contributed by atoms with van der Waals surface area (Å²) >= 11 is 1.95. The second kappa shape index (κ2) is 4.85. The molecule has 0 heterocycles. The van der Waals surface area contributed by atoms with E-state index in [1.807, 2.05) is 22.6 Å². The summed E-state index contributed by atoms with van der Waals surface area (Å²) in [4.78, 5) is 0. The molecule has 0 aromatic carbocycles. The van der Waals surface area contributed by atoms with Gasteiger partial charge in [-0.05, 0) is 22.7 Å². The van der Waals surface area contributed by atoms with Crippen LogP contribution in [0.15, 0.2) is 0 Å². The maximum absolute atomic E-state index is 2.64. The van der Waals surface area contributed by atoms with E-state index in [-0.39, 0.29) is 0 Å². The molecule has 0 fully saturated rings. The molecule has 0 aliphatic rings. The third-order valence-electron chi connectivity index (χ3n) is 0.235. The Bertz CT molecular complexity index is 107. The Kier molecular flexibility index (Phi) is 4.73. The topological polar surface area (TPSA) is 0 Å². The zero-order valence-electron chi connectivity index (χ0n) is 3.38. The van der Waals surface area contributed by atoms with Gasteiger partial charge in [0.25, 0.3) is 0 Å². The number of hydrogen-bond donors (Lipinski definition) is 0. The molecule has 30 valence electrons. The molecule has 0 aliphatic heterocycles. The van der Waals surface area contributed by atoms with E-state index in [1.54, 1.807) is 6.92 Å². The summed E-state index contributed by atoms with van der Waals surface area (Å²) in [5, 5.41) is 0. The number of hydrogen-bond acceptors (Lipinski definition) is 0. The van der Waals surface area contributed by atoms with Crippen LogP contribution in [0.1, 0.15) is 6.92 Å². The van der Waals surface area contributed by atoms with E-state index >= 15 is 0 Å². The number of halogens is 1. The van der Waals surface area contributed by atoms with Gasteiger partial charge in [0.2, 0.25) is 0 Å². The molecule has 0 N–H and O–H groups in total. The molecular formula is C5H3I. The van der Waals surface area contributed by atoms with Crippen molar-refractivity contribution in [1.29, 1.82) is 0 Å². The zero-order valence-corrected chi connectivity index (χ0v) is 5.54. The van der Waals surface area contributed by atoms with Gasteiger partial charge in [-0.1, -0.05) is 5.92 Å². The van der Waals surface area contributed by atoms with E-state index in [9.17, 15) is 0 Å². The maximum Gasteiger partial charge on any atom is 0.0192 e. The lowest BCUT2D eigenvalue weighted by molar-refractivity contribution is 1.92. The van der Waals surface area contributed by atoms with Crippen LogP contribution >= 0.6 is 22.6 Å². The Balaban J connectivity index is 3.43. The van der Waals surface area contributed by atoms with Crippen molar-refractivity contribution >= 4 is 22.6 Å². The second-order valence-electron chi connectivity index (χ2n) is 0.594. The van der Waals surface area contributed by atoms with Crippen molar-refractivity contribution in [1.82, 2.24) is 0 Å². The highest BCUT2D eigenvalue weighted by molar-refractivity contribution is 14.1. The van der Waals surface area contributed by atoms with Crippen molar-refractivity contribution in [2.24, 2.45) is 0 Å². The first kappa shape index (κ1) is 5.85. The standard InChI is InChI=1S/C5H3I/c1-2-3-4-5-6/h1H3. The highest BCUT2D eigenvalue weighted by Gasteiger charge is 1.43. The third-order valence-corrected chi connectivity index (χ3v) is 0.504. The van der Waals surface area contributed by atoms with Crippen LogP contribution in [0, 0.1) is 21.7 Å². The molecule has 0 amide bonds. The Morgan fingerprint density at radius 2 is 2.00 bits per heavy atom. The van der Waals surface area contributed by atoms with Crippen molar-refractivity contribution in [3.8, 4) is 21.7 Å². The van der Waals surface area contributed by atoms with Gasteiger partial charge in [-0.3, -0.25) is 0 Å². The summed E-state index contributed by atoms with van der Waals surface area (Å²) in [6.45, 7) is 1.76. The first-order valence-corrected chi connectivity index (χ1v) is 2.52. The molecule has 0 saturated carbocycles. The van der Waals surface area contributed by atoms with Crippen molar-refractivity contribution < 1.29 is 0 Å². The molecule has 0 rings (SSSR count). The first-order chi connectivity index (χ1) is 2.91. The molecule has 0 bridgehead atoms. The van der Waals surface area contributed by atoms with Gasteiger partial charge in [0.05, 0.1) is 0 Å². The van der Waals surface area contributed by atoms with E-state index in [4.69, 9.17) is 0 Å². The van der Waals surface area contributed by atoms with E-state index in [0.29, 0.717) is 0 Å². The smallest absolute Gasteiger partial charge is 0.0192 e. The van der Waals surface area contributed by atoms with Gasteiger partial charge in [-0.25, -0.2) is 0 Å². The summed E-state index contributed by atoms with van der Waals surface area (Å²) in [6.07, 6.45) is 0. The van der Waals surface area contributed by atoms with Gasteiger partial charge in [0.15, 0.2) is 0 Å². The highest BCUT2D eigenvalue weighted by atomic mass is 127. The fourth-order valence-electron chi connectivity index (χ4n) is 0.0861. The summed E-state index contributed by atoms with van der Waals surface area (Å²) in [5.74, 6) is 7.79. The maximum atomic E-state index is 2.64. The van der Waals surface area contributed by atoms with E-state index in [1.165, 1.54) is 0 Å². The van der Waals surface area contributed by atoms with Crippen LogP contribution in [0.3, 0.4) is 0 Å². The van der Waals surface area contributed by atoms with Gasteiger partial charge in [0.1, 0.15) is 0 Å². The molecule has 0 aromatic rings. The van der Waals surface area contributed by atoms with Gasteiger partial charge in [-0.15, -0.1) is 0 Å². The van der Waals surface area contributed by atoms with E-state index in [0.717, 1.165) is 0 Å². The largest absolute Gasteiger partial charge is 0.0925 e. The van der Waals surface area contributed by atoms with Crippen LogP contribution in [0.25, 0.3) is 0 Å². The molecule has 0 saturated heterocycles. The molecule has 0 radical (unpaired) electrons. The van der Waals surface area contributed by atoms with Gasteiger partial charge in [-0.2, -0.15) is 0 Å². The molecular weight excluding hydrogens is 187 g/mol. The molecule has 0 atom stereocenters. The Hall–Kier alpha value is -0.150. The minimum absolute atomic E-state index is 1.76. The average molecular weight is 190 g/mol. The molecule has 0 nitrogen and oxygen atoms in total. The SMILES string of the molecule is CC#CC#CI. The fraction of sp³-hybridized carbons (Fsp3) is 0.200. The third kappa shape index (κ3) is 3.85. The lowest BCUT2D eigenvalue weighted by Crippen LogP contribution is -1.40. The van der Waals surface area contributed by atoms with Crippen LogP contribution in [-0.4, -0.2) is 0 Å². The quantitative estimate of drug-likeness (QED) is 0.400. The van der Waals surface area contributed by atoms with Crippen molar-refractivity contribution in [2.45, 2.75) is 6.92 Å². The fourth-order valence-corrected chi connectivity index (χ4v) is 0.221. The van der Waals surface area contributed by atoms with E-state index in [2.05, 4.69) is 21.7 Å². The van der Waals surface area contributed by atoms with Crippen molar-refractivity contribution in [3.63, 3.8) is 0 Å². The van der Waals surface area contributed by atoms with E-state index < -0.39 is 0 Å². The molecule has 1 heteroatoms. The van der Waals surface area contributed by atoms with Crippen LogP contribution in [0.5, 0.6) is 0 Å².